The molecule has 2 rings (SSSR count). The van der Waals surface area contributed by atoms with Crippen molar-refractivity contribution in [2.45, 2.75) is 32.7 Å². The molecular formula is C16H26N2O. The normalized spacial score (nSPS) is 19.7. The number of likely N-dealkylation sites (N-methyl/N-ethyl adjacent to an activating group) is 1. The summed E-state index contributed by atoms with van der Waals surface area (Å²) in [7, 11) is 2.20. The second-order valence-corrected chi connectivity index (χ2v) is 5.65. The molecule has 1 aliphatic heterocycles. The van der Waals surface area contributed by atoms with Crippen LogP contribution in [0.15, 0.2) is 18.2 Å². The van der Waals surface area contributed by atoms with Gasteiger partial charge in [0.25, 0.3) is 0 Å². The third-order valence-electron chi connectivity index (χ3n) is 3.80. The zero-order valence-corrected chi connectivity index (χ0v) is 12.4. The molecule has 0 saturated carbocycles. The highest BCUT2D eigenvalue weighted by Gasteiger charge is 2.17. The number of nitrogens with one attached hydrogen (secondary N) is 1. The van der Waals surface area contributed by atoms with E-state index >= 15 is 0 Å². The Balaban J connectivity index is 1.76. The lowest BCUT2D eigenvalue weighted by Gasteiger charge is -2.31. The van der Waals surface area contributed by atoms with Crippen LogP contribution in [-0.4, -0.2) is 44.2 Å². The van der Waals surface area contributed by atoms with Crippen molar-refractivity contribution >= 4 is 0 Å². The molecule has 1 aromatic carbocycles. The second-order valence-electron chi connectivity index (χ2n) is 5.65. The summed E-state index contributed by atoms with van der Waals surface area (Å²) in [4.78, 5) is 2.41. The lowest BCUT2D eigenvalue weighted by atomic mass is 10.1. The lowest BCUT2D eigenvalue weighted by Crippen LogP contribution is -2.45. The van der Waals surface area contributed by atoms with E-state index in [2.05, 4.69) is 49.3 Å². The summed E-state index contributed by atoms with van der Waals surface area (Å²) in [6.45, 7) is 8.25. The number of benzene rings is 1. The Bertz CT molecular complexity index is 379. The van der Waals surface area contributed by atoms with Crippen molar-refractivity contribution in [2.24, 2.45) is 0 Å². The van der Waals surface area contributed by atoms with Gasteiger partial charge in [0.1, 0.15) is 12.4 Å². The van der Waals surface area contributed by atoms with Gasteiger partial charge in [0, 0.05) is 19.1 Å². The van der Waals surface area contributed by atoms with Gasteiger partial charge in [0.05, 0.1) is 0 Å². The van der Waals surface area contributed by atoms with Crippen molar-refractivity contribution < 1.29 is 4.74 Å². The summed E-state index contributed by atoms with van der Waals surface area (Å²) in [5, 5.41) is 3.46. The molecule has 0 amide bonds. The Kier molecular flexibility index (Phi) is 5.23. The molecule has 1 unspecified atom stereocenters. The van der Waals surface area contributed by atoms with Gasteiger partial charge < -0.3 is 10.1 Å². The highest BCUT2D eigenvalue weighted by molar-refractivity contribution is 5.32. The van der Waals surface area contributed by atoms with Gasteiger partial charge in [-0.05, 0) is 63.5 Å². The van der Waals surface area contributed by atoms with E-state index in [9.17, 15) is 0 Å². The number of nitrogens with zero attached hydrogens (tertiary/aromatic N) is 1. The molecule has 0 radical (unpaired) electrons. The number of aryl methyl sites for hydroxylation is 2. The van der Waals surface area contributed by atoms with E-state index in [0.29, 0.717) is 6.04 Å². The second kappa shape index (κ2) is 6.92. The lowest BCUT2D eigenvalue weighted by molar-refractivity contribution is 0.168. The average molecular weight is 262 g/mol. The fraction of sp³-hybridized carbons (Fsp3) is 0.625. The minimum atomic E-state index is 0.664. The molecule has 19 heavy (non-hydrogen) atoms. The van der Waals surface area contributed by atoms with Gasteiger partial charge in [0.15, 0.2) is 0 Å². The topological polar surface area (TPSA) is 24.5 Å². The Hall–Kier alpha value is -1.06. The summed E-state index contributed by atoms with van der Waals surface area (Å²) in [6.07, 6.45) is 2.58. The summed E-state index contributed by atoms with van der Waals surface area (Å²) >= 11 is 0. The van der Waals surface area contributed by atoms with Gasteiger partial charge in [-0.1, -0.05) is 6.07 Å². The highest BCUT2D eigenvalue weighted by atomic mass is 16.5. The number of hydrogen-bond donors (Lipinski definition) is 1. The van der Waals surface area contributed by atoms with E-state index in [-0.39, 0.29) is 0 Å². The van der Waals surface area contributed by atoms with Gasteiger partial charge in [-0.25, -0.2) is 0 Å². The van der Waals surface area contributed by atoms with Crippen LogP contribution in [0.2, 0.25) is 0 Å². The molecule has 1 saturated heterocycles. The first-order valence-electron chi connectivity index (χ1n) is 7.27. The van der Waals surface area contributed by atoms with Gasteiger partial charge in [-0.3, -0.25) is 4.90 Å². The van der Waals surface area contributed by atoms with Gasteiger partial charge in [-0.15, -0.1) is 0 Å². The van der Waals surface area contributed by atoms with Crippen molar-refractivity contribution in [2.75, 3.05) is 33.3 Å². The van der Waals surface area contributed by atoms with Crippen LogP contribution in [0.25, 0.3) is 0 Å². The first kappa shape index (κ1) is 14.4. The number of ether oxygens (including phenoxy) is 1. The van der Waals surface area contributed by atoms with Crippen LogP contribution in [0.5, 0.6) is 5.75 Å². The third kappa shape index (κ3) is 4.51. The molecule has 0 spiro atoms. The van der Waals surface area contributed by atoms with E-state index in [0.717, 1.165) is 25.4 Å². The fourth-order valence-corrected chi connectivity index (χ4v) is 2.72. The Morgan fingerprint density at radius 1 is 1.26 bits per heavy atom. The molecule has 0 aliphatic carbocycles. The Labute approximate surface area is 116 Å². The minimum Gasteiger partial charge on any atom is -0.492 e. The van der Waals surface area contributed by atoms with E-state index < -0.39 is 0 Å². The minimum absolute atomic E-state index is 0.664. The fourth-order valence-electron chi connectivity index (χ4n) is 2.72. The van der Waals surface area contributed by atoms with Crippen LogP contribution in [0, 0.1) is 13.8 Å². The maximum atomic E-state index is 5.87. The molecule has 1 aromatic rings. The van der Waals surface area contributed by atoms with Crippen molar-refractivity contribution in [3.8, 4) is 5.75 Å². The average Bonchev–Trinajstić information content (AvgIpc) is 2.38. The van der Waals surface area contributed by atoms with Crippen molar-refractivity contribution in [1.82, 2.24) is 10.2 Å². The van der Waals surface area contributed by atoms with E-state index in [1.165, 1.54) is 30.5 Å². The Morgan fingerprint density at radius 3 is 2.63 bits per heavy atom. The SMILES string of the molecule is Cc1cc(C)cc(OCCN(C)C2CCCNC2)c1. The van der Waals surface area contributed by atoms with Gasteiger partial charge in [0.2, 0.25) is 0 Å². The first-order valence-corrected chi connectivity index (χ1v) is 7.27. The standard InChI is InChI=1S/C16H26N2O/c1-13-9-14(2)11-16(10-13)19-8-7-18(3)15-5-4-6-17-12-15/h9-11,15,17H,4-8,12H2,1-3H3. The van der Waals surface area contributed by atoms with Crippen molar-refractivity contribution in [3.63, 3.8) is 0 Å². The summed E-state index contributed by atoms with van der Waals surface area (Å²) in [5.74, 6) is 0.993. The number of hydrogen-bond acceptors (Lipinski definition) is 3. The van der Waals surface area contributed by atoms with Crippen molar-refractivity contribution in [3.05, 3.63) is 29.3 Å². The maximum Gasteiger partial charge on any atom is 0.119 e. The van der Waals surface area contributed by atoms with Gasteiger partial charge >= 0.3 is 0 Å². The molecule has 1 fully saturated rings. The van der Waals surface area contributed by atoms with Crippen molar-refractivity contribution in [1.29, 1.82) is 0 Å². The smallest absolute Gasteiger partial charge is 0.119 e. The maximum absolute atomic E-state index is 5.87. The molecule has 3 nitrogen and oxygen atoms in total. The summed E-state index contributed by atoms with van der Waals surface area (Å²) < 4.78 is 5.87. The predicted molar refractivity (Wildman–Crippen MR) is 79.9 cm³/mol. The molecule has 0 bridgehead atoms. The van der Waals surface area contributed by atoms with Crippen LogP contribution >= 0.6 is 0 Å². The van der Waals surface area contributed by atoms with Crippen LogP contribution in [-0.2, 0) is 0 Å². The molecule has 0 aromatic heterocycles. The Morgan fingerprint density at radius 2 is 2.00 bits per heavy atom. The quantitative estimate of drug-likeness (QED) is 0.881. The van der Waals surface area contributed by atoms with E-state index in [1.807, 2.05) is 0 Å². The van der Waals surface area contributed by atoms with Crippen LogP contribution in [0.1, 0.15) is 24.0 Å². The largest absolute Gasteiger partial charge is 0.492 e. The zero-order valence-electron chi connectivity index (χ0n) is 12.4. The highest BCUT2D eigenvalue weighted by Crippen LogP contribution is 2.16. The summed E-state index contributed by atoms with van der Waals surface area (Å²) in [5.41, 5.74) is 2.53. The van der Waals surface area contributed by atoms with E-state index in [4.69, 9.17) is 4.74 Å². The molecule has 3 heteroatoms. The van der Waals surface area contributed by atoms with Gasteiger partial charge in [-0.2, -0.15) is 0 Å². The monoisotopic (exact) mass is 262 g/mol. The van der Waals surface area contributed by atoms with Crippen LogP contribution in [0.3, 0.4) is 0 Å². The first-order chi connectivity index (χ1) is 9.15. The van der Waals surface area contributed by atoms with Crippen LogP contribution < -0.4 is 10.1 Å². The number of rotatable bonds is 5. The number of piperidine rings is 1. The zero-order chi connectivity index (χ0) is 13.7. The van der Waals surface area contributed by atoms with E-state index in [1.54, 1.807) is 0 Å². The molecular weight excluding hydrogens is 236 g/mol. The molecule has 106 valence electrons. The molecule has 1 aliphatic rings. The predicted octanol–water partition coefficient (Wildman–Crippen LogP) is 2.37. The molecule has 1 N–H and O–H groups in total. The summed E-state index contributed by atoms with van der Waals surface area (Å²) in [6, 6.07) is 7.05. The molecule has 1 atom stereocenters. The van der Waals surface area contributed by atoms with Crippen LogP contribution in [0.4, 0.5) is 0 Å². The third-order valence-corrected chi connectivity index (χ3v) is 3.80. The molecule has 1 heterocycles.